The molecule has 3 aromatic rings. The van der Waals surface area contributed by atoms with Crippen LogP contribution < -0.4 is 0 Å². The van der Waals surface area contributed by atoms with Gasteiger partial charge in [0.25, 0.3) is 0 Å². The second kappa shape index (κ2) is 8.37. The molecule has 3 aromatic carbocycles. The molecule has 0 aliphatic heterocycles. The van der Waals surface area contributed by atoms with E-state index < -0.39 is 5.97 Å². The number of carboxylic acid groups (broad SMARTS) is 1. The predicted molar refractivity (Wildman–Crippen MR) is 127 cm³/mol. The van der Waals surface area contributed by atoms with Crippen molar-refractivity contribution in [3.8, 4) is 0 Å². The number of rotatable bonds is 5. The molecule has 4 rings (SSSR count). The molecule has 2 nitrogen and oxygen atoms in total. The van der Waals surface area contributed by atoms with Gasteiger partial charge in [-0.25, -0.2) is 4.79 Å². The van der Waals surface area contributed by atoms with Crippen LogP contribution in [0.3, 0.4) is 0 Å². The quantitative estimate of drug-likeness (QED) is 0.445. The number of carbonyl (C=O) groups is 1. The summed E-state index contributed by atoms with van der Waals surface area (Å²) in [6, 6.07) is 24.1. The Balaban J connectivity index is 1.70. The van der Waals surface area contributed by atoms with Crippen LogP contribution in [-0.4, -0.2) is 11.1 Å². The van der Waals surface area contributed by atoms with E-state index in [-0.39, 0.29) is 5.41 Å². The van der Waals surface area contributed by atoms with Gasteiger partial charge < -0.3 is 5.11 Å². The summed E-state index contributed by atoms with van der Waals surface area (Å²) in [5.41, 5.74) is 4.78. The largest absolute Gasteiger partial charge is 0.478 e. The van der Waals surface area contributed by atoms with Crippen molar-refractivity contribution < 1.29 is 9.90 Å². The highest BCUT2D eigenvalue weighted by molar-refractivity contribution is 8.08. The minimum atomic E-state index is -0.910. The summed E-state index contributed by atoms with van der Waals surface area (Å²) in [7, 11) is 0. The normalized spacial score (nSPS) is 14.9. The second-order valence-electron chi connectivity index (χ2n) is 8.10. The van der Waals surface area contributed by atoms with E-state index in [0.29, 0.717) is 11.1 Å². The third kappa shape index (κ3) is 4.27. The van der Waals surface area contributed by atoms with Gasteiger partial charge in [-0.2, -0.15) is 0 Å². The molecule has 1 aliphatic rings. The number of hydrogen-bond acceptors (Lipinski definition) is 2. The molecule has 0 spiro atoms. The lowest BCUT2D eigenvalue weighted by atomic mass is 9.75. The minimum absolute atomic E-state index is 0.0915. The van der Waals surface area contributed by atoms with Crippen molar-refractivity contribution in [2.24, 2.45) is 0 Å². The van der Waals surface area contributed by atoms with Crippen LogP contribution >= 0.6 is 11.8 Å². The van der Waals surface area contributed by atoms with Crippen LogP contribution in [-0.2, 0) is 5.41 Å². The Morgan fingerprint density at radius 3 is 2.47 bits per heavy atom. The molecule has 3 heteroatoms. The second-order valence-corrected chi connectivity index (χ2v) is 9.22. The minimum Gasteiger partial charge on any atom is -0.478 e. The van der Waals surface area contributed by atoms with Gasteiger partial charge in [0.1, 0.15) is 0 Å². The Labute approximate surface area is 182 Å². The van der Waals surface area contributed by atoms with Crippen molar-refractivity contribution in [2.75, 3.05) is 0 Å². The molecule has 0 aromatic heterocycles. The smallest absolute Gasteiger partial charge is 0.336 e. The lowest BCUT2D eigenvalue weighted by Crippen LogP contribution is -2.21. The van der Waals surface area contributed by atoms with Gasteiger partial charge in [-0.15, -0.1) is 0 Å². The molecule has 0 heterocycles. The molecule has 30 heavy (non-hydrogen) atoms. The number of benzene rings is 3. The molecule has 150 valence electrons. The van der Waals surface area contributed by atoms with Gasteiger partial charge >= 0.3 is 5.97 Å². The number of fused-ring (bicyclic) bond motifs is 1. The van der Waals surface area contributed by atoms with Crippen LogP contribution in [0.4, 0.5) is 0 Å². The number of carboxylic acids is 1. The van der Waals surface area contributed by atoms with E-state index >= 15 is 0 Å². The number of allylic oxidation sites excluding steroid dienone is 1. The van der Waals surface area contributed by atoms with Crippen molar-refractivity contribution in [3.63, 3.8) is 0 Å². The Bertz CT molecular complexity index is 1140. The summed E-state index contributed by atoms with van der Waals surface area (Å²) in [4.78, 5) is 14.0. The zero-order valence-electron chi connectivity index (χ0n) is 17.1. The van der Waals surface area contributed by atoms with Crippen molar-refractivity contribution in [2.45, 2.75) is 30.6 Å². The topological polar surface area (TPSA) is 37.3 Å². The van der Waals surface area contributed by atoms with Gasteiger partial charge in [-0.05, 0) is 58.4 Å². The van der Waals surface area contributed by atoms with E-state index in [4.69, 9.17) is 0 Å². The molecule has 0 unspecified atom stereocenters. The molecule has 1 N–H and O–H groups in total. The lowest BCUT2D eigenvalue weighted by Gasteiger charge is -2.32. The van der Waals surface area contributed by atoms with Gasteiger partial charge in [0.2, 0.25) is 0 Å². The lowest BCUT2D eigenvalue weighted by molar-refractivity contribution is 0.0696. The summed E-state index contributed by atoms with van der Waals surface area (Å²) in [6.07, 6.45) is 7.23. The number of thioether (sulfide) groups is 1. The first-order valence-corrected chi connectivity index (χ1v) is 10.8. The molecular weight excluding hydrogens is 388 g/mol. The van der Waals surface area contributed by atoms with Crippen LogP contribution in [0.25, 0.3) is 17.1 Å². The molecule has 0 saturated carbocycles. The van der Waals surface area contributed by atoms with E-state index in [0.717, 1.165) is 12.0 Å². The first kappa shape index (κ1) is 20.2. The molecular formula is C27H24O2S. The summed E-state index contributed by atoms with van der Waals surface area (Å²) >= 11 is 1.80. The van der Waals surface area contributed by atoms with Gasteiger partial charge in [-0.3, -0.25) is 0 Å². The van der Waals surface area contributed by atoms with Gasteiger partial charge in [0, 0.05) is 9.80 Å². The molecule has 0 atom stereocenters. The SMILES string of the molecule is CC1(C)CC=C(Sc2ccccc2)c2cc(C=Cc3ccccc3C(=O)O)ccc21. The molecule has 0 radical (unpaired) electrons. The van der Waals surface area contributed by atoms with E-state index in [2.05, 4.69) is 62.4 Å². The zero-order valence-corrected chi connectivity index (χ0v) is 17.9. The average Bonchev–Trinajstić information content (AvgIpc) is 2.75. The average molecular weight is 413 g/mol. The Hall–Kier alpha value is -3.04. The first-order chi connectivity index (χ1) is 14.4. The highest BCUT2D eigenvalue weighted by atomic mass is 32.2. The van der Waals surface area contributed by atoms with Crippen LogP contribution in [0.1, 0.15) is 52.9 Å². The van der Waals surface area contributed by atoms with Gasteiger partial charge in [-0.1, -0.05) is 92.4 Å². The maximum absolute atomic E-state index is 11.5. The summed E-state index contributed by atoms with van der Waals surface area (Å²) in [5.74, 6) is -0.910. The molecule has 0 fully saturated rings. The Morgan fingerprint density at radius 1 is 0.967 bits per heavy atom. The third-order valence-electron chi connectivity index (χ3n) is 5.45. The highest BCUT2D eigenvalue weighted by Gasteiger charge is 2.28. The predicted octanol–water partition coefficient (Wildman–Crippen LogP) is 7.37. The third-order valence-corrected chi connectivity index (χ3v) is 6.57. The van der Waals surface area contributed by atoms with Crippen LogP contribution in [0.5, 0.6) is 0 Å². The standard InChI is InChI=1S/C27H24O2S/c1-27(2)17-16-25(30-21-9-4-3-5-10-21)23-18-19(13-15-24(23)27)12-14-20-8-6-7-11-22(20)26(28)29/h3-16,18H,17H2,1-2H3,(H,28,29). The van der Waals surface area contributed by atoms with Crippen LogP contribution in [0.15, 0.2) is 83.8 Å². The van der Waals surface area contributed by atoms with Crippen molar-refractivity contribution >= 4 is 34.8 Å². The maximum atomic E-state index is 11.5. The molecule has 1 aliphatic carbocycles. The van der Waals surface area contributed by atoms with Crippen LogP contribution in [0.2, 0.25) is 0 Å². The fourth-order valence-corrected chi connectivity index (χ4v) is 4.76. The number of aromatic carboxylic acids is 1. The van der Waals surface area contributed by atoms with Crippen molar-refractivity contribution in [1.29, 1.82) is 0 Å². The van der Waals surface area contributed by atoms with E-state index in [1.54, 1.807) is 23.9 Å². The highest BCUT2D eigenvalue weighted by Crippen LogP contribution is 2.45. The van der Waals surface area contributed by atoms with Gasteiger partial charge in [0.15, 0.2) is 0 Å². The molecule has 0 amide bonds. The van der Waals surface area contributed by atoms with Crippen LogP contribution in [0, 0.1) is 0 Å². The van der Waals surface area contributed by atoms with E-state index in [1.807, 2.05) is 30.4 Å². The molecule has 0 saturated heterocycles. The van der Waals surface area contributed by atoms with Gasteiger partial charge in [0.05, 0.1) is 5.56 Å². The summed E-state index contributed by atoms with van der Waals surface area (Å²) in [5, 5.41) is 9.41. The van der Waals surface area contributed by atoms with E-state index in [1.165, 1.54) is 20.9 Å². The fourth-order valence-electron chi connectivity index (χ4n) is 3.76. The first-order valence-electron chi connectivity index (χ1n) is 10.0. The van der Waals surface area contributed by atoms with Crippen molar-refractivity contribution in [1.82, 2.24) is 0 Å². The monoisotopic (exact) mass is 412 g/mol. The van der Waals surface area contributed by atoms with E-state index in [9.17, 15) is 9.90 Å². The van der Waals surface area contributed by atoms with Crippen molar-refractivity contribution in [3.05, 3.63) is 107 Å². The number of hydrogen-bond donors (Lipinski definition) is 1. The fraction of sp³-hybridized carbons (Fsp3) is 0.148. The maximum Gasteiger partial charge on any atom is 0.336 e. The Morgan fingerprint density at radius 2 is 1.70 bits per heavy atom. The zero-order chi connectivity index (χ0) is 21.1. The summed E-state index contributed by atoms with van der Waals surface area (Å²) in [6.45, 7) is 4.57. The molecule has 0 bridgehead atoms. The Kier molecular flexibility index (Phi) is 5.65. The summed E-state index contributed by atoms with van der Waals surface area (Å²) < 4.78 is 0.